The van der Waals surface area contributed by atoms with Gasteiger partial charge in [-0.05, 0) is 25.2 Å². The van der Waals surface area contributed by atoms with Crippen molar-refractivity contribution in [2.45, 2.75) is 32.6 Å². The monoisotopic (exact) mass is 204 g/mol. The van der Waals surface area contributed by atoms with Crippen molar-refractivity contribution in [3.05, 3.63) is 12.7 Å². The third-order valence-corrected chi connectivity index (χ3v) is 2.61. The second-order valence-electron chi connectivity index (χ2n) is 2.68. The number of halogens is 1. The SMILES string of the molecule is C=CCCC(CBr)CCC. The van der Waals surface area contributed by atoms with Crippen molar-refractivity contribution >= 4 is 15.9 Å². The summed E-state index contributed by atoms with van der Waals surface area (Å²) < 4.78 is 0. The number of rotatable bonds is 6. The van der Waals surface area contributed by atoms with Crippen molar-refractivity contribution in [2.24, 2.45) is 5.92 Å². The molecule has 0 aromatic rings. The number of hydrogen-bond donors (Lipinski definition) is 0. The van der Waals surface area contributed by atoms with Gasteiger partial charge in [-0.2, -0.15) is 0 Å². The molecule has 1 atom stereocenters. The minimum absolute atomic E-state index is 0.864. The van der Waals surface area contributed by atoms with E-state index in [2.05, 4.69) is 29.4 Å². The van der Waals surface area contributed by atoms with Crippen LogP contribution in [-0.2, 0) is 0 Å². The van der Waals surface area contributed by atoms with Crippen LogP contribution in [0.2, 0.25) is 0 Å². The predicted octanol–water partition coefficient (Wildman–Crippen LogP) is 3.76. The van der Waals surface area contributed by atoms with Crippen LogP contribution in [0.5, 0.6) is 0 Å². The number of alkyl halides is 1. The molecule has 0 aromatic carbocycles. The minimum atomic E-state index is 0.864. The molecule has 0 fully saturated rings. The van der Waals surface area contributed by atoms with E-state index in [1.165, 1.54) is 19.3 Å². The first-order valence-corrected chi connectivity index (χ1v) is 5.14. The Morgan fingerprint density at radius 3 is 2.60 bits per heavy atom. The van der Waals surface area contributed by atoms with Crippen LogP contribution in [0.4, 0.5) is 0 Å². The quantitative estimate of drug-likeness (QED) is 0.457. The fourth-order valence-electron chi connectivity index (χ4n) is 1.06. The molecule has 0 rings (SSSR count). The van der Waals surface area contributed by atoms with Gasteiger partial charge in [-0.15, -0.1) is 6.58 Å². The lowest BCUT2D eigenvalue weighted by molar-refractivity contribution is 0.502. The van der Waals surface area contributed by atoms with Crippen molar-refractivity contribution in [1.29, 1.82) is 0 Å². The lowest BCUT2D eigenvalue weighted by atomic mass is 10.0. The van der Waals surface area contributed by atoms with E-state index in [0.717, 1.165) is 17.7 Å². The molecule has 60 valence electrons. The van der Waals surface area contributed by atoms with Crippen LogP contribution in [0.1, 0.15) is 32.6 Å². The van der Waals surface area contributed by atoms with E-state index < -0.39 is 0 Å². The molecular weight excluding hydrogens is 188 g/mol. The largest absolute Gasteiger partial charge is 0.103 e. The van der Waals surface area contributed by atoms with Gasteiger partial charge in [0, 0.05) is 5.33 Å². The molecule has 0 radical (unpaired) electrons. The van der Waals surface area contributed by atoms with Gasteiger partial charge >= 0.3 is 0 Å². The fraction of sp³-hybridized carbons (Fsp3) is 0.778. The standard InChI is InChI=1S/C9H17Br/c1-3-5-7-9(8-10)6-4-2/h3,9H,1,4-8H2,2H3. The molecule has 0 spiro atoms. The molecule has 0 N–H and O–H groups in total. The van der Waals surface area contributed by atoms with Gasteiger partial charge in [0.05, 0.1) is 0 Å². The summed E-state index contributed by atoms with van der Waals surface area (Å²) in [6.07, 6.45) is 7.11. The average Bonchev–Trinajstić information content (AvgIpc) is 1.98. The smallest absolute Gasteiger partial charge is 0.00597 e. The van der Waals surface area contributed by atoms with E-state index in [1.54, 1.807) is 0 Å². The maximum Gasteiger partial charge on any atom is 0.00597 e. The normalized spacial score (nSPS) is 13.0. The number of allylic oxidation sites excluding steroid dienone is 1. The lowest BCUT2D eigenvalue weighted by Gasteiger charge is -2.09. The highest BCUT2D eigenvalue weighted by molar-refractivity contribution is 9.09. The van der Waals surface area contributed by atoms with Gasteiger partial charge in [0.25, 0.3) is 0 Å². The Balaban J connectivity index is 3.29. The Morgan fingerprint density at radius 1 is 1.50 bits per heavy atom. The van der Waals surface area contributed by atoms with Crippen molar-refractivity contribution in [2.75, 3.05) is 5.33 Å². The first-order chi connectivity index (χ1) is 4.85. The summed E-state index contributed by atoms with van der Waals surface area (Å²) in [6, 6.07) is 0. The molecule has 10 heavy (non-hydrogen) atoms. The molecule has 0 heterocycles. The van der Waals surface area contributed by atoms with Crippen LogP contribution in [0.15, 0.2) is 12.7 Å². The van der Waals surface area contributed by atoms with Gasteiger partial charge in [-0.25, -0.2) is 0 Å². The van der Waals surface area contributed by atoms with E-state index in [4.69, 9.17) is 0 Å². The summed E-state index contributed by atoms with van der Waals surface area (Å²) in [4.78, 5) is 0. The molecule has 0 aliphatic carbocycles. The summed E-state index contributed by atoms with van der Waals surface area (Å²) in [5.41, 5.74) is 0. The maximum atomic E-state index is 3.71. The van der Waals surface area contributed by atoms with Crippen LogP contribution in [0, 0.1) is 5.92 Å². The van der Waals surface area contributed by atoms with Gasteiger partial charge in [0.2, 0.25) is 0 Å². The summed E-state index contributed by atoms with van der Waals surface area (Å²) in [6.45, 7) is 5.95. The zero-order valence-corrected chi connectivity index (χ0v) is 8.36. The highest BCUT2D eigenvalue weighted by Gasteiger charge is 2.02. The van der Waals surface area contributed by atoms with Crippen LogP contribution in [-0.4, -0.2) is 5.33 Å². The Morgan fingerprint density at radius 2 is 2.20 bits per heavy atom. The first kappa shape index (κ1) is 10.2. The molecule has 0 aliphatic heterocycles. The second-order valence-corrected chi connectivity index (χ2v) is 3.32. The van der Waals surface area contributed by atoms with Crippen LogP contribution in [0.3, 0.4) is 0 Å². The highest BCUT2D eigenvalue weighted by Crippen LogP contribution is 2.15. The van der Waals surface area contributed by atoms with E-state index >= 15 is 0 Å². The molecular formula is C9H17Br. The Hall–Kier alpha value is 0.220. The van der Waals surface area contributed by atoms with Crippen LogP contribution >= 0.6 is 15.9 Å². The second kappa shape index (κ2) is 7.33. The van der Waals surface area contributed by atoms with Gasteiger partial charge in [0.1, 0.15) is 0 Å². The summed E-state index contributed by atoms with van der Waals surface area (Å²) in [7, 11) is 0. The highest BCUT2D eigenvalue weighted by atomic mass is 79.9. The molecule has 0 bridgehead atoms. The van der Waals surface area contributed by atoms with Gasteiger partial charge in [-0.3, -0.25) is 0 Å². The third kappa shape index (κ3) is 5.04. The zero-order valence-electron chi connectivity index (χ0n) is 6.78. The molecule has 0 saturated carbocycles. The summed E-state index contributed by atoms with van der Waals surface area (Å²) in [5.74, 6) is 0.864. The van der Waals surface area contributed by atoms with Gasteiger partial charge < -0.3 is 0 Å². The van der Waals surface area contributed by atoms with Crippen molar-refractivity contribution in [3.8, 4) is 0 Å². The molecule has 0 nitrogen and oxygen atoms in total. The van der Waals surface area contributed by atoms with Gasteiger partial charge in [-0.1, -0.05) is 35.4 Å². The predicted molar refractivity (Wildman–Crippen MR) is 51.6 cm³/mol. The van der Waals surface area contributed by atoms with E-state index in [1.807, 2.05) is 6.08 Å². The molecule has 1 unspecified atom stereocenters. The van der Waals surface area contributed by atoms with Crippen molar-refractivity contribution < 1.29 is 0 Å². The topological polar surface area (TPSA) is 0 Å². The molecule has 0 aromatic heterocycles. The van der Waals surface area contributed by atoms with E-state index in [-0.39, 0.29) is 0 Å². The Bertz CT molecular complexity index is 78.8. The van der Waals surface area contributed by atoms with E-state index in [9.17, 15) is 0 Å². The molecule has 0 aliphatic rings. The average molecular weight is 205 g/mol. The molecule has 0 saturated heterocycles. The molecule has 1 heteroatoms. The van der Waals surface area contributed by atoms with Crippen LogP contribution < -0.4 is 0 Å². The Kier molecular flexibility index (Phi) is 7.49. The molecule has 0 amide bonds. The maximum absolute atomic E-state index is 3.71. The van der Waals surface area contributed by atoms with E-state index in [0.29, 0.717) is 0 Å². The first-order valence-electron chi connectivity index (χ1n) is 4.02. The van der Waals surface area contributed by atoms with Crippen molar-refractivity contribution in [3.63, 3.8) is 0 Å². The van der Waals surface area contributed by atoms with Crippen molar-refractivity contribution in [1.82, 2.24) is 0 Å². The summed E-state index contributed by atoms with van der Waals surface area (Å²) in [5, 5.41) is 1.15. The fourth-order valence-corrected chi connectivity index (χ4v) is 1.71. The number of hydrogen-bond acceptors (Lipinski definition) is 0. The summed E-state index contributed by atoms with van der Waals surface area (Å²) >= 11 is 3.51. The van der Waals surface area contributed by atoms with Crippen LogP contribution in [0.25, 0.3) is 0 Å². The minimum Gasteiger partial charge on any atom is -0.103 e. The Labute approximate surface area is 72.8 Å². The lowest BCUT2D eigenvalue weighted by Crippen LogP contribution is -2.00. The zero-order chi connectivity index (χ0) is 7.82. The van der Waals surface area contributed by atoms with Gasteiger partial charge in [0.15, 0.2) is 0 Å². The third-order valence-electron chi connectivity index (χ3n) is 1.69.